The highest BCUT2D eigenvalue weighted by Crippen LogP contribution is 2.22. The van der Waals surface area contributed by atoms with E-state index in [-0.39, 0.29) is 5.56 Å². The smallest absolute Gasteiger partial charge is 0.254 e. The molecule has 0 saturated heterocycles. The van der Waals surface area contributed by atoms with E-state index in [1.54, 1.807) is 13.0 Å². The van der Waals surface area contributed by atoms with Gasteiger partial charge in [0.05, 0.1) is 11.2 Å². The van der Waals surface area contributed by atoms with E-state index in [4.69, 9.17) is 4.74 Å². The van der Waals surface area contributed by atoms with Crippen molar-refractivity contribution < 1.29 is 13.9 Å². The fourth-order valence-electron chi connectivity index (χ4n) is 1.76. The first-order valence-electron chi connectivity index (χ1n) is 6.15. The minimum atomic E-state index is -0.521. The highest BCUT2D eigenvalue weighted by molar-refractivity contribution is 9.10. The first-order valence-corrected chi connectivity index (χ1v) is 6.94. The van der Waals surface area contributed by atoms with Gasteiger partial charge in [0.15, 0.2) is 0 Å². The van der Waals surface area contributed by atoms with Crippen LogP contribution < -0.4 is 5.32 Å². The Morgan fingerprint density at radius 1 is 1.47 bits per heavy atom. The third-order valence-electron chi connectivity index (χ3n) is 2.78. The summed E-state index contributed by atoms with van der Waals surface area (Å²) in [6.45, 7) is 8.23. The average molecular weight is 332 g/mol. The second-order valence-electron chi connectivity index (χ2n) is 4.90. The Balaban J connectivity index is 2.83. The van der Waals surface area contributed by atoms with Gasteiger partial charge in [-0.25, -0.2) is 4.39 Å². The number of nitrogens with one attached hydrogen (secondary N) is 1. The predicted molar refractivity (Wildman–Crippen MR) is 76.9 cm³/mol. The van der Waals surface area contributed by atoms with Gasteiger partial charge in [-0.1, -0.05) is 15.9 Å². The minimum Gasteiger partial charge on any atom is -0.374 e. The Hall–Kier alpha value is -0.940. The third kappa shape index (κ3) is 4.28. The van der Waals surface area contributed by atoms with Crippen molar-refractivity contribution in [1.82, 2.24) is 5.32 Å². The van der Waals surface area contributed by atoms with Crippen molar-refractivity contribution in [3.63, 3.8) is 0 Å². The zero-order valence-corrected chi connectivity index (χ0v) is 13.2. The minimum absolute atomic E-state index is 0.0710. The van der Waals surface area contributed by atoms with E-state index in [1.807, 2.05) is 20.8 Å². The number of amides is 1. The highest BCUT2D eigenvalue weighted by atomic mass is 79.9. The Bertz CT molecular complexity index is 475. The first-order chi connectivity index (χ1) is 8.78. The normalized spacial score (nSPS) is 11.5. The van der Waals surface area contributed by atoms with Crippen LogP contribution >= 0.6 is 15.9 Å². The molecule has 0 spiro atoms. The van der Waals surface area contributed by atoms with Gasteiger partial charge in [-0.3, -0.25) is 4.79 Å². The van der Waals surface area contributed by atoms with Crippen LogP contribution in [0.2, 0.25) is 0 Å². The molecule has 0 heterocycles. The van der Waals surface area contributed by atoms with E-state index in [2.05, 4.69) is 21.2 Å². The third-order valence-corrected chi connectivity index (χ3v) is 3.64. The summed E-state index contributed by atoms with van der Waals surface area (Å²) in [6.07, 6.45) is 0. The molecule has 0 bridgehead atoms. The fourth-order valence-corrected chi connectivity index (χ4v) is 2.09. The number of hydrogen-bond donors (Lipinski definition) is 1. The van der Waals surface area contributed by atoms with Crippen molar-refractivity contribution in [2.45, 2.75) is 33.3 Å². The van der Waals surface area contributed by atoms with Gasteiger partial charge in [0.1, 0.15) is 5.82 Å². The molecule has 19 heavy (non-hydrogen) atoms. The van der Waals surface area contributed by atoms with Crippen LogP contribution in [0.4, 0.5) is 4.39 Å². The largest absolute Gasteiger partial charge is 0.374 e. The van der Waals surface area contributed by atoms with E-state index in [1.165, 1.54) is 6.07 Å². The molecule has 1 aromatic carbocycles. The number of halogens is 2. The van der Waals surface area contributed by atoms with E-state index in [0.29, 0.717) is 23.2 Å². The van der Waals surface area contributed by atoms with Crippen LogP contribution in [0.25, 0.3) is 0 Å². The van der Waals surface area contributed by atoms with E-state index >= 15 is 0 Å². The van der Waals surface area contributed by atoms with Gasteiger partial charge >= 0.3 is 0 Å². The Labute approximate surface area is 121 Å². The lowest BCUT2D eigenvalue weighted by Crippen LogP contribution is -2.41. The van der Waals surface area contributed by atoms with Crippen molar-refractivity contribution in [3.05, 3.63) is 33.5 Å². The summed E-state index contributed by atoms with van der Waals surface area (Å²) < 4.78 is 19.9. The van der Waals surface area contributed by atoms with Gasteiger partial charge in [-0.2, -0.15) is 0 Å². The number of carbonyl (C=O) groups excluding carboxylic acids is 1. The zero-order valence-electron chi connectivity index (χ0n) is 11.6. The number of hydrogen-bond acceptors (Lipinski definition) is 2. The summed E-state index contributed by atoms with van der Waals surface area (Å²) in [5, 5.41) is 2.71. The molecule has 0 unspecified atom stereocenters. The molecule has 0 fully saturated rings. The van der Waals surface area contributed by atoms with Gasteiger partial charge < -0.3 is 10.1 Å². The van der Waals surface area contributed by atoms with Crippen molar-refractivity contribution in [1.29, 1.82) is 0 Å². The summed E-state index contributed by atoms with van der Waals surface area (Å²) >= 11 is 3.29. The van der Waals surface area contributed by atoms with Crippen LogP contribution in [0.5, 0.6) is 0 Å². The number of carbonyl (C=O) groups is 1. The number of rotatable bonds is 5. The first kappa shape index (κ1) is 16.1. The maximum Gasteiger partial charge on any atom is 0.254 e. The van der Waals surface area contributed by atoms with Gasteiger partial charge in [-0.15, -0.1) is 0 Å². The molecular formula is C14H19BrFNO2. The monoisotopic (exact) mass is 331 g/mol. The molecule has 1 N–H and O–H groups in total. The Morgan fingerprint density at radius 2 is 2.11 bits per heavy atom. The molecule has 0 aromatic heterocycles. The average Bonchev–Trinajstić information content (AvgIpc) is 2.32. The molecule has 3 nitrogen and oxygen atoms in total. The van der Waals surface area contributed by atoms with Crippen LogP contribution in [0.15, 0.2) is 16.6 Å². The molecule has 0 saturated carbocycles. The van der Waals surface area contributed by atoms with Crippen molar-refractivity contribution >= 4 is 21.8 Å². The molecule has 1 amide bonds. The Kier molecular flexibility index (Phi) is 5.50. The molecule has 106 valence electrons. The molecule has 5 heteroatoms. The van der Waals surface area contributed by atoms with Crippen LogP contribution in [0.1, 0.15) is 36.7 Å². The van der Waals surface area contributed by atoms with Crippen LogP contribution in [-0.2, 0) is 4.74 Å². The second kappa shape index (κ2) is 6.48. The molecule has 0 atom stereocenters. The van der Waals surface area contributed by atoms with Gasteiger partial charge in [0.2, 0.25) is 0 Å². The van der Waals surface area contributed by atoms with Crippen LogP contribution in [0.3, 0.4) is 0 Å². The number of benzene rings is 1. The maximum absolute atomic E-state index is 13.7. The fraction of sp³-hybridized carbons (Fsp3) is 0.500. The van der Waals surface area contributed by atoms with E-state index in [0.717, 1.165) is 0 Å². The quantitative estimate of drug-likeness (QED) is 0.897. The molecule has 1 aromatic rings. The van der Waals surface area contributed by atoms with Crippen molar-refractivity contribution in [2.75, 3.05) is 13.2 Å². The topological polar surface area (TPSA) is 38.3 Å². The maximum atomic E-state index is 13.7. The molecule has 0 aliphatic carbocycles. The zero-order chi connectivity index (χ0) is 14.6. The summed E-state index contributed by atoms with van der Waals surface area (Å²) in [7, 11) is 0. The summed E-state index contributed by atoms with van der Waals surface area (Å²) in [5.74, 6) is -0.948. The van der Waals surface area contributed by atoms with Crippen molar-refractivity contribution in [2.24, 2.45) is 0 Å². The number of ether oxygens (including phenoxy) is 1. The van der Waals surface area contributed by atoms with Crippen LogP contribution in [-0.4, -0.2) is 24.7 Å². The lowest BCUT2D eigenvalue weighted by atomic mass is 10.1. The molecule has 0 aliphatic heterocycles. The molecule has 0 radical (unpaired) electrons. The van der Waals surface area contributed by atoms with Crippen LogP contribution in [0, 0.1) is 12.7 Å². The van der Waals surface area contributed by atoms with E-state index < -0.39 is 17.3 Å². The summed E-state index contributed by atoms with van der Waals surface area (Å²) in [5.41, 5.74) is 0.189. The SMILES string of the molecule is CCOC(C)(C)CNC(=O)c1c(F)ccc(Br)c1C. The van der Waals surface area contributed by atoms with E-state index in [9.17, 15) is 9.18 Å². The van der Waals surface area contributed by atoms with Gasteiger partial charge in [0, 0.05) is 17.6 Å². The standard InChI is InChI=1S/C14H19BrFNO2/c1-5-19-14(3,4)8-17-13(18)12-9(2)10(15)6-7-11(12)16/h6-7H,5,8H2,1-4H3,(H,17,18). The highest BCUT2D eigenvalue weighted by Gasteiger charge is 2.21. The second-order valence-corrected chi connectivity index (χ2v) is 5.76. The molecule has 1 rings (SSSR count). The predicted octanol–water partition coefficient (Wildman–Crippen LogP) is 3.44. The van der Waals surface area contributed by atoms with Crippen molar-refractivity contribution in [3.8, 4) is 0 Å². The molecular weight excluding hydrogens is 313 g/mol. The Morgan fingerprint density at radius 3 is 2.68 bits per heavy atom. The summed E-state index contributed by atoms with van der Waals surface area (Å²) in [6, 6.07) is 2.87. The van der Waals surface area contributed by atoms with Gasteiger partial charge in [0.25, 0.3) is 5.91 Å². The lowest BCUT2D eigenvalue weighted by Gasteiger charge is -2.25. The van der Waals surface area contributed by atoms with Gasteiger partial charge in [-0.05, 0) is 45.4 Å². The lowest BCUT2D eigenvalue weighted by molar-refractivity contribution is -0.00818. The summed E-state index contributed by atoms with van der Waals surface area (Å²) in [4.78, 5) is 12.1. The molecule has 0 aliphatic rings.